The molecule has 124 valence electrons. The molecule has 0 saturated heterocycles. The van der Waals surface area contributed by atoms with E-state index in [9.17, 15) is 9.59 Å². The molecule has 1 N–H and O–H groups in total. The number of carbonyl (C=O) groups excluding carboxylic acids is 2. The fraction of sp³-hybridized carbons (Fsp3) is 0.222. The number of ether oxygens (including phenoxy) is 1. The van der Waals surface area contributed by atoms with E-state index in [1.807, 2.05) is 25.1 Å². The minimum absolute atomic E-state index is 0.0748. The first kappa shape index (κ1) is 16.3. The van der Waals surface area contributed by atoms with Crippen molar-refractivity contribution in [3.8, 4) is 5.75 Å². The standard InChI is InChI=1S/C18H17ClN2O3/c1-11-3-8-16-15(9-11)21(17(22)10-24-16)12(2)18(23)20-14-6-4-13(19)5-7-14/h3-9,12H,10H2,1-2H3,(H,20,23). The summed E-state index contributed by atoms with van der Waals surface area (Å²) in [5.74, 6) is 0.0817. The number of fused-ring (bicyclic) bond motifs is 1. The van der Waals surface area contributed by atoms with Crippen LogP contribution >= 0.6 is 11.6 Å². The third-order valence-electron chi connectivity index (χ3n) is 3.87. The molecule has 0 fully saturated rings. The largest absolute Gasteiger partial charge is 0.482 e. The number of hydrogen-bond donors (Lipinski definition) is 1. The summed E-state index contributed by atoms with van der Waals surface area (Å²) in [6.45, 7) is 3.55. The third-order valence-corrected chi connectivity index (χ3v) is 4.12. The predicted molar refractivity (Wildman–Crippen MR) is 93.7 cm³/mol. The van der Waals surface area contributed by atoms with Crippen molar-refractivity contribution in [1.29, 1.82) is 0 Å². The second-order valence-corrected chi connectivity index (χ2v) is 6.13. The number of nitrogens with one attached hydrogen (secondary N) is 1. The monoisotopic (exact) mass is 344 g/mol. The van der Waals surface area contributed by atoms with Gasteiger partial charge in [-0.2, -0.15) is 0 Å². The first-order chi connectivity index (χ1) is 11.5. The molecule has 1 aliphatic rings. The van der Waals surface area contributed by atoms with E-state index in [2.05, 4.69) is 5.32 Å². The summed E-state index contributed by atoms with van der Waals surface area (Å²) in [6, 6.07) is 11.7. The second-order valence-electron chi connectivity index (χ2n) is 5.70. The van der Waals surface area contributed by atoms with Gasteiger partial charge in [-0.05, 0) is 55.8 Å². The Hall–Kier alpha value is -2.53. The number of benzene rings is 2. The number of hydrogen-bond acceptors (Lipinski definition) is 3. The Balaban J connectivity index is 1.84. The van der Waals surface area contributed by atoms with Crippen molar-refractivity contribution < 1.29 is 14.3 Å². The molecule has 6 heteroatoms. The van der Waals surface area contributed by atoms with Gasteiger partial charge in [0.2, 0.25) is 5.91 Å². The van der Waals surface area contributed by atoms with Crippen molar-refractivity contribution in [2.75, 3.05) is 16.8 Å². The highest BCUT2D eigenvalue weighted by atomic mass is 35.5. The van der Waals surface area contributed by atoms with Gasteiger partial charge in [0, 0.05) is 10.7 Å². The molecule has 24 heavy (non-hydrogen) atoms. The normalized spacial score (nSPS) is 14.6. The Morgan fingerprint density at radius 2 is 1.96 bits per heavy atom. The van der Waals surface area contributed by atoms with Crippen molar-refractivity contribution in [2.45, 2.75) is 19.9 Å². The quantitative estimate of drug-likeness (QED) is 0.928. The van der Waals surface area contributed by atoms with Crippen LogP contribution in [-0.4, -0.2) is 24.5 Å². The summed E-state index contributed by atoms with van der Waals surface area (Å²) in [6.07, 6.45) is 0. The molecule has 0 spiro atoms. The Kier molecular flexibility index (Phi) is 4.44. The molecular weight excluding hydrogens is 328 g/mol. The van der Waals surface area contributed by atoms with E-state index in [4.69, 9.17) is 16.3 Å². The SMILES string of the molecule is Cc1ccc2c(c1)N(C(C)C(=O)Nc1ccc(Cl)cc1)C(=O)CO2. The number of amides is 2. The fourth-order valence-electron chi connectivity index (χ4n) is 2.60. The zero-order valence-corrected chi connectivity index (χ0v) is 14.1. The number of anilines is 2. The van der Waals surface area contributed by atoms with E-state index in [-0.39, 0.29) is 18.4 Å². The van der Waals surface area contributed by atoms with E-state index in [1.54, 1.807) is 31.2 Å². The molecule has 0 bridgehead atoms. The molecule has 1 unspecified atom stereocenters. The van der Waals surface area contributed by atoms with Crippen LogP contribution in [-0.2, 0) is 9.59 Å². The summed E-state index contributed by atoms with van der Waals surface area (Å²) < 4.78 is 5.44. The molecule has 0 saturated carbocycles. The van der Waals surface area contributed by atoms with Crippen LogP contribution in [0.4, 0.5) is 11.4 Å². The number of nitrogens with zero attached hydrogens (tertiary/aromatic N) is 1. The summed E-state index contributed by atoms with van der Waals surface area (Å²) in [5.41, 5.74) is 2.23. The summed E-state index contributed by atoms with van der Waals surface area (Å²) >= 11 is 5.84. The van der Waals surface area contributed by atoms with Crippen LogP contribution < -0.4 is 15.0 Å². The van der Waals surface area contributed by atoms with Crippen LogP contribution in [0.3, 0.4) is 0 Å². The number of aryl methyl sites for hydroxylation is 1. The van der Waals surface area contributed by atoms with E-state index < -0.39 is 6.04 Å². The van der Waals surface area contributed by atoms with Crippen molar-refractivity contribution in [3.05, 3.63) is 53.1 Å². The van der Waals surface area contributed by atoms with Crippen molar-refractivity contribution in [1.82, 2.24) is 0 Å². The summed E-state index contributed by atoms with van der Waals surface area (Å²) in [5, 5.41) is 3.39. The molecule has 0 radical (unpaired) electrons. The lowest BCUT2D eigenvalue weighted by Gasteiger charge is -2.33. The molecule has 0 aliphatic carbocycles. The summed E-state index contributed by atoms with van der Waals surface area (Å²) in [4.78, 5) is 26.4. The van der Waals surface area contributed by atoms with Crippen LogP contribution in [0.15, 0.2) is 42.5 Å². The maximum Gasteiger partial charge on any atom is 0.265 e. The van der Waals surface area contributed by atoms with Gasteiger partial charge in [-0.3, -0.25) is 14.5 Å². The zero-order valence-electron chi connectivity index (χ0n) is 13.4. The van der Waals surface area contributed by atoms with Gasteiger partial charge in [0.1, 0.15) is 11.8 Å². The third kappa shape index (κ3) is 3.21. The molecule has 2 aromatic carbocycles. The maximum atomic E-state index is 12.6. The first-order valence-electron chi connectivity index (χ1n) is 7.57. The van der Waals surface area contributed by atoms with Crippen LogP contribution in [0.5, 0.6) is 5.75 Å². The Labute approximate surface area is 145 Å². The lowest BCUT2D eigenvalue weighted by molar-refractivity contribution is -0.125. The maximum absolute atomic E-state index is 12.6. The highest BCUT2D eigenvalue weighted by Crippen LogP contribution is 2.34. The lowest BCUT2D eigenvalue weighted by Crippen LogP contribution is -2.49. The van der Waals surface area contributed by atoms with Crippen LogP contribution in [0, 0.1) is 6.92 Å². The molecule has 2 amide bonds. The summed E-state index contributed by atoms with van der Waals surface area (Å²) in [7, 11) is 0. The van der Waals surface area contributed by atoms with Crippen molar-refractivity contribution in [2.24, 2.45) is 0 Å². The highest BCUT2D eigenvalue weighted by Gasteiger charge is 2.33. The smallest absolute Gasteiger partial charge is 0.265 e. The molecule has 1 aliphatic heterocycles. The second kappa shape index (κ2) is 6.53. The van der Waals surface area contributed by atoms with Gasteiger partial charge < -0.3 is 10.1 Å². The molecule has 1 atom stereocenters. The van der Waals surface area contributed by atoms with Gasteiger partial charge in [-0.25, -0.2) is 0 Å². The van der Waals surface area contributed by atoms with Gasteiger partial charge in [0.05, 0.1) is 5.69 Å². The van der Waals surface area contributed by atoms with Gasteiger partial charge in [-0.15, -0.1) is 0 Å². The molecule has 2 aromatic rings. The van der Waals surface area contributed by atoms with Gasteiger partial charge in [-0.1, -0.05) is 17.7 Å². The zero-order chi connectivity index (χ0) is 17.3. The van der Waals surface area contributed by atoms with Crippen LogP contribution in [0.1, 0.15) is 12.5 Å². The topological polar surface area (TPSA) is 58.6 Å². The van der Waals surface area contributed by atoms with Gasteiger partial charge >= 0.3 is 0 Å². The Morgan fingerprint density at radius 1 is 1.25 bits per heavy atom. The van der Waals surface area contributed by atoms with Gasteiger partial charge in [0.25, 0.3) is 5.91 Å². The van der Waals surface area contributed by atoms with Crippen LogP contribution in [0.25, 0.3) is 0 Å². The minimum Gasteiger partial charge on any atom is -0.482 e. The first-order valence-corrected chi connectivity index (χ1v) is 7.95. The number of rotatable bonds is 3. The predicted octanol–water partition coefficient (Wildman–Crippen LogP) is 3.40. The average Bonchev–Trinajstić information content (AvgIpc) is 2.56. The van der Waals surface area contributed by atoms with Crippen LogP contribution in [0.2, 0.25) is 5.02 Å². The minimum atomic E-state index is -0.669. The van der Waals surface area contributed by atoms with E-state index in [0.717, 1.165) is 5.56 Å². The van der Waals surface area contributed by atoms with Crippen molar-refractivity contribution >= 4 is 34.8 Å². The molecule has 5 nitrogen and oxygen atoms in total. The molecule has 1 heterocycles. The number of carbonyl (C=O) groups is 2. The molecule has 3 rings (SSSR count). The molecule has 0 aromatic heterocycles. The molecular formula is C18H17ClN2O3. The lowest BCUT2D eigenvalue weighted by atomic mass is 10.1. The fourth-order valence-corrected chi connectivity index (χ4v) is 2.73. The highest BCUT2D eigenvalue weighted by molar-refractivity contribution is 6.30. The average molecular weight is 345 g/mol. The van der Waals surface area contributed by atoms with Gasteiger partial charge in [0.15, 0.2) is 6.61 Å². The van der Waals surface area contributed by atoms with E-state index >= 15 is 0 Å². The van der Waals surface area contributed by atoms with E-state index in [1.165, 1.54) is 4.90 Å². The number of halogens is 1. The van der Waals surface area contributed by atoms with E-state index in [0.29, 0.717) is 22.1 Å². The van der Waals surface area contributed by atoms with Crippen molar-refractivity contribution in [3.63, 3.8) is 0 Å². The Bertz CT molecular complexity index is 789. The Morgan fingerprint density at radius 3 is 2.67 bits per heavy atom.